The lowest BCUT2D eigenvalue weighted by molar-refractivity contribution is -0.120. The van der Waals surface area contributed by atoms with Crippen LogP contribution in [-0.2, 0) is 9.59 Å². The molecule has 0 bridgehead atoms. The highest BCUT2D eigenvalue weighted by molar-refractivity contribution is 6.45. The van der Waals surface area contributed by atoms with Gasteiger partial charge in [-0.1, -0.05) is 49.7 Å². The van der Waals surface area contributed by atoms with Crippen LogP contribution < -0.4 is 4.90 Å². The van der Waals surface area contributed by atoms with Gasteiger partial charge >= 0.3 is 0 Å². The normalized spacial score (nSPS) is 22.3. The molecule has 0 saturated carbocycles. The lowest BCUT2D eigenvalue weighted by atomic mass is 9.91. The predicted octanol–water partition coefficient (Wildman–Crippen LogP) is 5.22. The Hall–Kier alpha value is -2.59. The van der Waals surface area contributed by atoms with Crippen molar-refractivity contribution in [3.8, 4) is 0 Å². The second-order valence-electron chi connectivity index (χ2n) is 8.82. The minimum Gasteiger partial charge on any atom is -0.366 e. The average Bonchev–Trinajstić information content (AvgIpc) is 2.94. The third kappa shape index (κ3) is 3.65. The van der Waals surface area contributed by atoms with Crippen molar-refractivity contribution in [1.29, 1.82) is 0 Å². The van der Waals surface area contributed by atoms with Crippen LogP contribution >= 0.6 is 11.6 Å². The van der Waals surface area contributed by atoms with Crippen LogP contribution in [0.2, 0.25) is 5.02 Å². The quantitative estimate of drug-likeness (QED) is 0.637. The second-order valence-corrected chi connectivity index (χ2v) is 9.25. The summed E-state index contributed by atoms with van der Waals surface area (Å²) in [5.41, 5.74) is 4.29. The first-order chi connectivity index (χ1) is 14.3. The zero-order valence-corrected chi connectivity index (χ0v) is 18.7. The van der Waals surface area contributed by atoms with Crippen molar-refractivity contribution in [3.63, 3.8) is 0 Å². The molecular weight excluding hydrogens is 396 g/mol. The molecule has 2 heterocycles. The Morgan fingerprint density at radius 2 is 1.53 bits per heavy atom. The van der Waals surface area contributed by atoms with E-state index < -0.39 is 0 Å². The molecule has 2 aromatic carbocycles. The Bertz CT molecular complexity index is 1030. The summed E-state index contributed by atoms with van der Waals surface area (Å²) in [6, 6.07) is 13.0. The van der Waals surface area contributed by atoms with Gasteiger partial charge in [-0.15, -0.1) is 0 Å². The average molecular weight is 423 g/mol. The standard InChI is InChI=1S/C25H27ClN2O2/c1-15-5-6-18(4)21(12-15)28-24(29)22(19-7-9-20(26)10-8-19)23(25(28)30)27-13-16(2)11-17(3)14-27/h5-10,12,16-17H,11,13-14H2,1-4H3. The highest BCUT2D eigenvalue weighted by Gasteiger charge is 2.44. The molecule has 4 nitrogen and oxygen atoms in total. The molecule has 0 aromatic heterocycles. The van der Waals surface area contributed by atoms with Crippen LogP contribution in [0.1, 0.15) is 37.0 Å². The summed E-state index contributed by atoms with van der Waals surface area (Å²) < 4.78 is 0. The molecule has 1 fully saturated rings. The molecule has 1 saturated heterocycles. The van der Waals surface area contributed by atoms with E-state index in [2.05, 4.69) is 18.7 Å². The fraction of sp³-hybridized carbons (Fsp3) is 0.360. The monoisotopic (exact) mass is 422 g/mol. The van der Waals surface area contributed by atoms with Crippen molar-refractivity contribution in [2.75, 3.05) is 18.0 Å². The molecule has 0 radical (unpaired) electrons. The highest BCUT2D eigenvalue weighted by atomic mass is 35.5. The number of hydrogen-bond donors (Lipinski definition) is 0. The van der Waals surface area contributed by atoms with E-state index in [1.165, 1.54) is 4.90 Å². The van der Waals surface area contributed by atoms with Gasteiger partial charge in [-0.05, 0) is 67.0 Å². The summed E-state index contributed by atoms with van der Waals surface area (Å²) in [5.74, 6) is 0.424. The van der Waals surface area contributed by atoms with E-state index in [-0.39, 0.29) is 11.8 Å². The fourth-order valence-electron chi connectivity index (χ4n) is 4.71. The third-order valence-corrected chi connectivity index (χ3v) is 6.23. The molecule has 2 aliphatic rings. The number of halogens is 1. The molecule has 0 spiro atoms. The Balaban J connectivity index is 1.86. The summed E-state index contributed by atoms with van der Waals surface area (Å²) in [7, 11) is 0. The van der Waals surface area contributed by atoms with Gasteiger partial charge in [0.1, 0.15) is 5.70 Å². The zero-order chi connectivity index (χ0) is 21.6. The molecule has 4 rings (SSSR count). The molecule has 2 amide bonds. The van der Waals surface area contributed by atoms with Crippen LogP contribution in [0.4, 0.5) is 5.69 Å². The largest absolute Gasteiger partial charge is 0.366 e. The summed E-state index contributed by atoms with van der Waals surface area (Å²) in [5, 5.41) is 0.601. The maximum Gasteiger partial charge on any atom is 0.282 e. The number of amides is 2. The highest BCUT2D eigenvalue weighted by Crippen LogP contribution is 2.38. The van der Waals surface area contributed by atoms with Gasteiger partial charge in [0.25, 0.3) is 11.8 Å². The first-order valence-electron chi connectivity index (χ1n) is 10.5. The number of rotatable bonds is 3. The number of imide groups is 1. The van der Waals surface area contributed by atoms with E-state index in [0.717, 1.165) is 36.2 Å². The van der Waals surface area contributed by atoms with Crippen LogP contribution in [-0.4, -0.2) is 29.8 Å². The van der Waals surface area contributed by atoms with E-state index in [1.54, 1.807) is 12.1 Å². The number of carbonyl (C=O) groups is 2. The zero-order valence-electron chi connectivity index (χ0n) is 17.9. The number of nitrogens with zero attached hydrogens (tertiary/aromatic N) is 2. The second kappa shape index (κ2) is 7.92. The lowest BCUT2D eigenvalue weighted by Crippen LogP contribution is -2.42. The molecule has 0 aliphatic carbocycles. The Morgan fingerprint density at radius 1 is 0.900 bits per heavy atom. The van der Waals surface area contributed by atoms with Crippen molar-refractivity contribution in [2.24, 2.45) is 11.8 Å². The van der Waals surface area contributed by atoms with Crippen LogP contribution in [0.15, 0.2) is 48.2 Å². The van der Waals surface area contributed by atoms with Gasteiger partial charge in [-0.3, -0.25) is 9.59 Å². The smallest absolute Gasteiger partial charge is 0.282 e. The summed E-state index contributed by atoms with van der Waals surface area (Å²) in [6.45, 7) is 9.85. The first kappa shape index (κ1) is 20.7. The molecule has 2 aliphatic heterocycles. The van der Waals surface area contributed by atoms with E-state index in [9.17, 15) is 9.59 Å². The van der Waals surface area contributed by atoms with Crippen molar-refractivity contribution in [1.82, 2.24) is 4.90 Å². The number of anilines is 1. The topological polar surface area (TPSA) is 40.6 Å². The Labute approximate surface area is 183 Å². The number of likely N-dealkylation sites (tertiary alicyclic amines) is 1. The van der Waals surface area contributed by atoms with Crippen molar-refractivity contribution >= 4 is 34.7 Å². The van der Waals surface area contributed by atoms with Gasteiger partial charge in [0, 0.05) is 18.1 Å². The molecule has 2 atom stereocenters. The fourth-order valence-corrected chi connectivity index (χ4v) is 4.84. The molecule has 0 N–H and O–H groups in total. The van der Waals surface area contributed by atoms with Crippen LogP contribution in [0.3, 0.4) is 0 Å². The van der Waals surface area contributed by atoms with E-state index in [1.807, 2.05) is 44.2 Å². The molecule has 156 valence electrons. The van der Waals surface area contributed by atoms with E-state index in [4.69, 9.17) is 11.6 Å². The minimum absolute atomic E-state index is 0.236. The van der Waals surface area contributed by atoms with Crippen LogP contribution in [0.25, 0.3) is 5.57 Å². The van der Waals surface area contributed by atoms with Crippen LogP contribution in [0.5, 0.6) is 0 Å². The first-order valence-corrected chi connectivity index (χ1v) is 10.8. The SMILES string of the molecule is Cc1ccc(C)c(N2C(=O)C(c3ccc(Cl)cc3)=C(N3CC(C)CC(C)C3)C2=O)c1. The number of piperidine rings is 1. The predicted molar refractivity (Wildman–Crippen MR) is 121 cm³/mol. The number of benzene rings is 2. The summed E-state index contributed by atoms with van der Waals surface area (Å²) >= 11 is 6.08. The van der Waals surface area contributed by atoms with Gasteiger partial charge in [0.05, 0.1) is 11.3 Å². The molecule has 2 unspecified atom stereocenters. The molecule has 5 heteroatoms. The summed E-state index contributed by atoms with van der Waals surface area (Å²) in [4.78, 5) is 30.9. The molecule has 2 aromatic rings. The maximum atomic E-state index is 13.7. The van der Waals surface area contributed by atoms with Gasteiger partial charge in [0.15, 0.2) is 0 Å². The Kier molecular flexibility index (Phi) is 5.46. The minimum atomic E-state index is -0.267. The number of carbonyl (C=O) groups excluding carboxylic acids is 2. The third-order valence-electron chi connectivity index (χ3n) is 5.98. The van der Waals surface area contributed by atoms with Crippen LogP contribution in [0, 0.1) is 25.7 Å². The molecular formula is C25H27ClN2O2. The van der Waals surface area contributed by atoms with Gasteiger partial charge in [0.2, 0.25) is 0 Å². The van der Waals surface area contributed by atoms with Gasteiger partial charge < -0.3 is 4.90 Å². The van der Waals surface area contributed by atoms with E-state index >= 15 is 0 Å². The van der Waals surface area contributed by atoms with Gasteiger partial charge in [-0.25, -0.2) is 4.90 Å². The van der Waals surface area contributed by atoms with E-state index in [0.29, 0.717) is 33.8 Å². The Morgan fingerprint density at radius 3 is 2.17 bits per heavy atom. The van der Waals surface area contributed by atoms with Crippen molar-refractivity contribution < 1.29 is 9.59 Å². The van der Waals surface area contributed by atoms with Crippen molar-refractivity contribution in [2.45, 2.75) is 34.1 Å². The molecule has 30 heavy (non-hydrogen) atoms. The van der Waals surface area contributed by atoms with Crippen molar-refractivity contribution in [3.05, 3.63) is 69.9 Å². The summed E-state index contributed by atoms with van der Waals surface area (Å²) in [6.07, 6.45) is 1.13. The van der Waals surface area contributed by atoms with Gasteiger partial charge in [-0.2, -0.15) is 0 Å². The lowest BCUT2D eigenvalue weighted by Gasteiger charge is -2.37. The number of aryl methyl sites for hydroxylation is 2. The number of hydrogen-bond acceptors (Lipinski definition) is 3. The maximum absolute atomic E-state index is 13.7.